The van der Waals surface area contributed by atoms with Crippen LogP contribution in [0.2, 0.25) is 0 Å². The van der Waals surface area contributed by atoms with Crippen molar-refractivity contribution >= 4 is 51.5 Å². The van der Waals surface area contributed by atoms with Crippen LogP contribution in [0.5, 0.6) is 0 Å². The predicted octanol–water partition coefficient (Wildman–Crippen LogP) is 3.10. The number of hydrogen-bond acceptors (Lipinski definition) is 6. The van der Waals surface area contributed by atoms with E-state index in [0.29, 0.717) is 17.0 Å². The van der Waals surface area contributed by atoms with Crippen LogP contribution in [-0.2, 0) is 33.6 Å². The van der Waals surface area contributed by atoms with Gasteiger partial charge >= 0.3 is 5.97 Å². The van der Waals surface area contributed by atoms with Crippen molar-refractivity contribution in [2.24, 2.45) is 5.73 Å². The summed E-state index contributed by atoms with van der Waals surface area (Å²) in [6.45, 7) is 0.267. The van der Waals surface area contributed by atoms with Crippen LogP contribution < -0.4 is 16.4 Å². The fraction of sp³-hybridized carbons (Fsp3) is 0.364. The number of esters is 1. The number of thiophene rings is 1. The number of amides is 2. The number of thiocarbonyl (C=S) groups is 1. The normalized spacial score (nSPS) is 12.5. The summed E-state index contributed by atoms with van der Waals surface area (Å²) in [6.07, 6.45) is 4.36. The first kappa shape index (κ1) is 22.9. The standard InChI is InChI=1S/C22H25N3O4S2/c23-20(28)19-15-8-4-5-9-16(15)31-21(19)25-22(30)24-17(26)10-11-18(27)29-13-12-14-6-2-1-3-7-14/h1-3,6-7H,4-5,8-13H2,(H2,23,28)(H2,24,25,26,30). The lowest BCUT2D eigenvalue weighted by Crippen LogP contribution is -2.34. The molecular weight excluding hydrogens is 434 g/mol. The second kappa shape index (κ2) is 11.0. The van der Waals surface area contributed by atoms with Gasteiger partial charge < -0.3 is 21.1 Å². The zero-order chi connectivity index (χ0) is 22.2. The average Bonchev–Trinajstić information content (AvgIpc) is 3.10. The lowest BCUT2D eigenvalue weighted by molar-refractivity contribution is -0.144. The summed E-state index contributed by atoms with van der Waals surface area (Å²) in [5.74, 6) is -1.35. The number of fused-ring (bicyclic) bond motifs is 1. The van der Waals surface area contributed by atoms with Crippen LogP contribution in [-0.4, -0.2) is 29.5 Å². The molecule has 4 N–H and O–H groups in total. The Kier molecular flexibility index (Phi) is 8.13. The molecule has 3 rings (SSSR count). The molecule has 0 fully saturated rings. The maximum atomic E-state index is 12.1. The van der Waals surface area contributed by atoms with E-state index >= 15 is 0 Å². The SMILES string of the molecule is NC(=O)c1c(NC(=S)NC(=O)CCC(=O)OCCc2ccccc2)sc2c1CCCC2. The second-order valence-corrected chi connectivity index (χ2v) is 8.75. The van der Waals surface area contributed by atoms with Crippen molar-refractivity contribution < 1.29 is 19.1 Å². The Morgan fingerprint density at radius 3 is 2.58 bits per heavy atom. The molecule has 0 unspecified atom stereocenters. The van der Waals surface area contributed by atoms with Crippen molar-refractivity contribution in [2.75, 3.05) is 11.9 Å². The van der Waals surface area contributed by atoms with Crippen molar-refractivity contribution in [3.8, 4) is 0 Å². The zero-order valence-corrected chi connectivity index (χ0v) is 18.7. The number of carbonyl (C=O) groups excluding carboxylic acids is 3. The molecule has 1 aromatic heterocycles. The van der Waals surface area contributed by atoms with E-state index in [1.165, 1.54) is 11.3 Å². The van der Waals surface area contributed by atoms with Crippen LogP contribution >= 0.6 is 23.6 Å². The third kappa shape index (κ3) is 6.60. The van der Waals surface area contributed by atoms with E-state index in [2.05, 4.69) is 10.6 Å². The number of primary amides is 1. The molecular formula is C22H25N3O4S2. The first-order chi connectivity index (χ1) is 14.9. The molecule has 0 bridgehead atoms. The molecule has 164 valence electrons. The van der Waals surface area contributed by atoms with Crippen molar-refractivity contribution in [1.29, 1.82) is 0 Å². The molecule has 0 saturated carbocycles. The highest BCUT2D eigenvalue weighted by Crippen LogP contribution is 2.37. The van der Waals surface area contributed by atoms with Gasteiger partial charge in [-0.15, -0.1) is 11.3 Å². The Balaban J connectivity index is 1.42. The summed E-state index contributed by atoms with van der Waals surface area (Å²) in [5, 5.41) is 6.09. The summed E-state index contributed by atoms with van der Waals surface area (Å²) >= 11 is 6.64. The van der Waals surface area contributed by atoms with Gasteiger partial charge in [-0.3, -0.25) is 14.4 Å². The quantitative estimate of drug-likeness (QED) is 0.413. The van der Waals surface area contributed by atoms with Crippen LogP contribution in [0.25, 0.3) is 0 Å². The minimum atomic E-state index is -0.505. The fourth-order valence-corrected chi connectivity index (χ4v) is 5.03. The topological polar surface area (TPSA) is 111 Å². The smallest absolute Gasteiger partial charge is 0.306 e. The number of benzene rings is 1. The molecule has 1 aromatic carbocycles. The van der Waals surface area contributed by atoms with Gasteiger partial charge in [0.1, 0.15) is 5.00 Å². The number of nitrogens with two attached hydrogens (primary N) is 1. The van der Waals surface area contributed by atoms with Gasteiger partial charge in [-0.2, -0.15) is 0 Å². The average molecular weight is 460 g/mol. The van der Waals surface area contributed by atoms with Gasteiger partial charge in [0.2, 0.25) is 5.91 Å². The molecule has 0 aliphatic heterocycles. The Morgan fingerprint density at radius 2 is 1.84 bits per heavy atom. The molecule has 1 heterocycles. The van der Waals surface area contributed by atoms with Gasteiger partial charge in [-0.25, -0.2) is 0 Å². The number of aryl methyl sites for hydroxylation is 1. The van der Waals surface area contributed by atoms with Crippen LogP contribution in [0.15, 0.2) is 30.3 Å². The third-order valence-electron chi connectivity index (χ3n) is 4.95. The molecule has 0 saturated heterocycles. The third-order valence-corrected chi connectivity index (χ3v) is 6.36. The number of ether oxygens (including phenoxy) is 1. The first-order valence-corrected chi connectivity index (χ1v) is 11.4. The van der Waals surface area contributed by atoms with Crippen molar-refractivity contribution in [1.82, 2.24) is 5.32 Å². The van der Waals surface area contributed by atoms with Gasteiger partial charge in [0, 0.05) is 17.7 Å². The molecule has 2 aromatic rings. The Morgan fingerprint density at radius 1 is 1.10 bits per heavy atom. The Labute approximate surface area is 190 Å². The van der Waals surface area contributed by atoms with Crippen molar-refractivity contribution in [3.63, 3.8) is 0 Å². The maximum Gasteiger partial charge on any atom is 0.306 e. The molecule has 31 heavy (non-hydrogen) atoms. The Hall–Kier alpha value is -2.78. The predicted molar refractivity (Wildman–Crippen MR) is 124 cm³/mol. The largest absolute Gasteiger partial charge is 0.465 e. The summed E-state index contributed by atoms with van der Waals surface area (Å²) in [5.41, 5.74) is 8.08. The summed E-state index contributed by atoms with van der Waals surface area (Å²) in [4.78, 5) is 37.0. The lowest BCUT2D eigenvalue weighted by Gasteiger charge is -2.11. The molecule has 0 spiro atoms. The number of anilines is 1. The maximum absolute atomic E-state index is 12.1. The van der Waals surface area contributed by atoms with Crippen LogP contribution in [0.3, 0.4) is 0 Å². The highest BCUT2D eigenvalue weighted by atomic mass is 32.1. The summed E-state index contributed by atoms with van der Waals surface area (Å²) in [6, 6.07) is 9.70. The highest BCUT2D eigenvalue weighted by Gasteiger charge is 2.24. The van der Waals surface area contributed by atoms with Gasteiger partial charge in [0.15, 0.2) is 5.11 Å². The molecule has 1 aliphatic rings. The number of rotatable bonds is 8. The molecule has 1 aliphatic carbocycles. The van der Waals surface area contributed by atoms with Gasteiger partial charge in [-0.1, -0.05) is 30.3 Å². The van der Waals surface area contributed by atoms with Gasteiger partial charge in [0.25, 0.3) is 5.91 Å². The molecule has 0 radical (unpaired) electrons. The van der Waals surface area contributed by atoms with Crippen molar-refractivity contribution in [3.05, 3.63) is 51.9 Å². The number of hydrogen-bond donors (Lipinski definition) is 3. The van der Waals surface area contributed by atoms with E-state index in [1.807, 2.05) is 30.3 Å². The van der Waals surface area contributed by atoms with E-state index in [9.17, 15) is 14.4 Å². The molecule has 7 nitrogen and oxygen atoms in total. The van der Waals surface area contributed by atoms with E-state index in [4.69, 9.17) is 22.7 Å². The Bertz CT molecular complexity index is 973. The minimum Gasteiger partial charge on any atom is -0.465 e. The van der Waals surface area contributed by atoms with E-state index in [0.717, 1.165) is 41.7 Å². The summed E-state index contributed by atoms with van der Waals surface area (Å²) < 4.78 is 5.17. The lowest BCUT2D eigenvalue weighted by atomic mass is 9.95. The van der Waals surface area contributed by atoms with Crippen LogP contribution in [0, 0.1) is 0 Å². The van der Waals surface area contributed by atoms with E-state index in [-0.39, 0.29) is 24.6 Å². The highest BCUT2D eigenvalue weighted by molar-refractivity contribution is 7.80. The number of carbonyl (C=O) groups is 3. The summed E-state index contributed by atoms with van der Waals surface area (Å²) in [7, 11) is 0. The molecule has 2 amide bonds. The molecule has 0 atom stereocenters. The van der Waals surface area contributed by atoms with Crippen molar-refractivity contribution in [2.45, 2.75) is 44.9 Å². The minimum absolute atomic E-state index is 0.0386. The van der Waals surface area contributed by atoms with Gasteiger partial charge in [-0.05, 0) is 49.0 Å². The van der Waals surface area contributed by atoms with E-state index < -0.39 is 17.8 Å². The second-order valence-electron chi connectivity index (χ2n) is 7.24. The van der Waals surface area contributed by atoms with Gasteiger partial charge in [0.05, 0.1) is 18.6 Å². The number of nitrogens with one attached hydrogen (secondary N) is 2. The monoisotopic (exact) mass is 459 g/mol. The fourth-order valence-electron chi connectivity index (χ4n) is 3.45. The van der Waals surface area contributed by atoms with E-state index in [1.54, 1.807) is 0 Å². The molecule has 9 heteroatoms. The van der Waals surface area contributed by atoms with Crippen LogP contribution in [0.1, 0.15) is 52.0 Å². The zero-order valence-electron chi connectivity index (χ0n) is 17.1. The van der Waals surface area contributed by atoms with Crippen LogP contribution in [0.4, 0.5) is 5.00 Å². The first-order valence-electron chi connectivity index (χ1n) is 10.2.